The van der Waals surface area contributed by atoms with Crippen molar-refractivity contribution in [3.8, 4) is 11.1 Å². The van der Waals surface area contributed by atoms with Crippen LogP contribution in [0.25, 0.3) is 22.2 Å². The van der Waals surface area contributed by atoms with Gasteiger partial charge in [-0.2, -0.15) is 0 Å². The van der Waals surface area contributed by atoms with Crippen molar-refractivity contribution in [2.45, 2.75) is 38.1 Å². The van der Waals surface area contributed by atoms with Crippen molar-refractivity contribution in [2.24, 2.45) is 0 Å². The Kier molecular flexibility index (Phi) is 5.73. The number of methoxy groups -OCH3 is 1. The minimum absolute atomic E-state index is 0.0180. The van der Waals surface area contributed by atoms with Gasteiger partial charge in [0, 0.05) is 20.1 Å². The van der Waals surface area contributed by atoms with Crippen molar-refractivity contribution in [1.29, 1.82) is 0 Å². The highest BCUT2D eigenvalue weighted by atomic mass is 16.6. The Morgan fingerprint density at radius 3 is 2.59 bits per heavy atom. The first-order valence-corrected chi connectivity index (χ1v) is 10.7. The van der Waals surface area contributed by atoms with Gasteiger partial charge in [-0.3, -0.25) is 10.1 Å². The van der Waals surface area contributed by atoms with Crippen LogP contribution in [0.1, 0.15) is 48.5 Å². The number of carbonyl (C=O) groups is 1. The van der Waals surface area contributed by atoms with Crippen LogP contribution in [0.15, 0.2) is 30.6 Å². The second-order valence-electron chi connectivity index (χ2n) is 8.37. The highest BCUT2D eigenvalue weighted by Crippen LogP contribution is 2.43. The van der Waals surface area contributed by atoms with E-state index < -0.39 is 10.9 Å². The summed E-state index contributed by atoms with van der Waals surface area (Å²) in [5.41, 5.74) is 8.79. The first-order valence-electron chi connectivity index (χ1n) is 10.7. The van der Waals surface area contributed by atoms with Gasteiger partial charge in [-0.05, 0) is 36.6 Å². The van der Waals surface area contributed by atoms with Gasteiger partial charge in [-0.25, -0.2) is 9.78 Å². The third-order valence-electron chi connectivity index (χ3n) is 6.22. The molecule has 0 atom stereocenters. The lowest BCUT2D eigenvalue weighted by Crippen LogP contribution is -2.18. The van der Waals surface area contributed by atoms with E-state index >= 15 is 0 Å². The number of rotatable bonds is 5. The third-order valence-corrected chi connectivity index (χ3v) is 6.22. The fraction of sp³-hybridized carbons (Fsp3) is 0.391. The van der Waals surface area contributed by atoms with Crippen LogP contribution < -0.4 is 10.6 Å². The van der Waals surface area contributed by atoms with Crippen molar-refractivity contribution in [3.05, 3.63) is 46.3 Å². The zero-order valence-electron chi connectivity index (χ0n) is 18.5. The molecule has 0 unspecified atom stereocenters. The summed E-state index contributed by atoms with van der Waals surface area (Å²) in [4.78, 5) is 30.0. The van der Waals surface area contributed by atoms with E-state index in [-0.39, 0.29) is 16.9 Å². The number of nitrogens with two attached hydrogens (primary N) is 1. The quantitative estimate of drug-likeness (QED) is 0.269. The zero-order chi connectivity index (χ0) is 23.0. The SMILES string of the molecule is COC(=O)c1c(N(C)C)cc(-c2ccc3c(c2)ncn3C2CCCCC2)c([N+](=O)[O-])c1N. The Hall–Kier alpha value is -3.62. The Labute approximate surface area is 185 Å². The van der Waals surface area contributed by atoms with Gasteiger partial charge in [0.05, 0.1) is 40.6 Å². The van der Waals surface area contributed by atoms with Crippen molar-refractivity contribution >= 4 is 34.1 Å². The number of benzene rings is 2. The maximum atomic E-state index is 12.3. The van der Waals surface area contributed by atoms with Gasteiger partial charge in [-0.15, -0.1) is 0 Å². The van der Waals surface area contributed by atoms with Crippen molar-refractivity contribution in [3.63, 3.8) is 0 Å². The van der Waals surface area contributed by atoms with Crippen LogP contribution in [0.5, 0.6) is 0 Å². The predicted molar refractivity (Wildman–Crippen MR) is 124 cm³/mol. The Bertz CT molecular complexity index is 1190. The number of esters is 1. The monoisotopic (exact) mass is 437 g/mol. The normalized spacial score (nSPS) is 14.5. The molecular formula is C23H27N5O4. The molecular weight excluding hydrogens is 410 g/mol. The van der Waals surface area contributed by atoms with Crippen molar-refractivity contribution < 1.29 is 14.5 Å². The molecule has 4 rings (SSSR count). The minimum atomic E-state index is -0.720. The summed E-state index contributed by atoms with van der Waals surface area (Å²) in [6.45, 7) is 0. The number of imidazole rings is 1. The molecule has 3 aromatic rings. The molecule has 1 fully saturated rings. The number of hydrogen-bond donors (Lipinski definition) is 1. The molecule has 1 aliphatic rings. The minimum Gasteiger partial charge on any atom is -0.465 e. The van der Waals surface area contributed by atoms with Crippen molar-refractivity contribution in [2.75, 3.05) is 31.8 Å². The molecule has 0 aliphatic heterocycles. The fourth-order valence-electron chi connectivity index (χ4n) is 4.61. The number of nitro groups is 1. The number of anilines is 2. The topological polar surface area (TPSA) is 117 Å². The molecule has 9 heteroatoms. The van der Waals surface area contributed by atoms with Gasteiger partial charge in [0.15, 0.2) is 0 Å². The molecule has 0 saturated heterocycles. The van der Waals surface area contributed by atoms with E-state index in [1.54, 1.807) is 25.1 Å². The van der Waals surface area contributed by atoms with Gasteiger partial charge in [0.1, 0.15) is 11.3 Å². The summed E-state index contributed by atoms with van der Waals surface area (Å²) in [7, 11) is 4.70. The van der Waals surface area contributed by atoms with E-state index in [1.807, 2.05) is 24.5 Å². The van der Waals surface area contributed by atoms with E-state index in [2.05, 4.69) is 9.55 Å². The second-order valence-corrected chi connectivity index (χ2v) is 8.37. The summed E-state index contributed by atoms with van der Waals surface area (Å²) < 4.78 is 7.04. The van der Waals surface area contributed by atoms with E-state index in [9.17, 15) is 14.9 Å². The Morgan fingerprint density at radius 2 is 1.97 bits per heavy atom. The average Bonchev–Trinajstić information content (AvgIpc) is 3.21. The van der Waals surface area contributed by atoms with E-state index in [1.165, 1.54) is 26.4 Å². The lowest BCUT2D eigenvalue weighted by Gasteiger charge is -2.23. The summed E-state index contributed by atoms with van der Waals surface area (Å²) in [5.74, 6) is -0.720. The van der Waals surface area contributed by atoms with Crippen LogP contribution in [0, 0.1) is 10.1 Å². The number of hydrogen-bond acceptors (Lipinski definition) is 7. The number of ether oxygens (including phenoxy) is 1. The molecule has 0 spiro atoms. The molecule has 0 bridgehead atoms. The first-order chi connectivity index (χ1) is 15.3. The first kappa shape index (κ1) is 21.6. The maximum Gasteiger partial charge on any atom is 0.342 e. The largest absolute Gasteiger partial charge is 0.465 e. The van der Waals surface area contributed by atoms with Crippen LogP contribution in [0.4, 0.5) is 17.1 Å². The van der Waals surface area contributed by atoms with Gasteiger partial charge < -0.3 is 19.9 Å². The molecule has 0 radical (unpaired) electrons. The summed E-state index contributed by atoms with van der Waals surface area (Å²) in [6.07, 6.45) is 7.83. The lowest BCUT2D eigenvalue weighted by molar-refractivity contribution is -0.383. The second kappa shape index (κ2) is 8.49. The van der Waals surface area contributed by atoms with Crippen LogP contribution in [-0.2, 0) is 4.74 Å². The number of aromatic nitrogens is 2. The van der Waals surface area contributed by atoms with Gasteiger partial charge >= 0.3 is 11.7 Å². The summed E-state index contributed by atoms with van der Waals surface area (Å²) in [5, 5.41) is 12.0. The predicted octanol–water partition coefficient (Wildman–Crippen LogP) is 4.55. The Morgan fingerprint density at radius 1 is 1.25 bits per heavy atom. The van der Waals surface area contributed by atoms with E-state index in [0.29, 0.717) is 22.9 Å². The number of fused-ring (bicyclic) bond motifs is 1. The highest BCUT2D eigenvalue weighted by molar-refractivity contribution is 6.06. The zero-order valence-corrected chi connectivity index (χ0v) is 18.5. The number of nitro benzene ring substituents is 1. The fourth-order valence-corrected chi connectivity index (χ4v) is 4.61. The van der Waals surface area contributed by atoms with E-state index in [0.717, 1.165) is 23.9 Å². The molecule has 9 nitrogen and oxygen atoms in total. The highest BCUT2D eigenvalue weighted by Gasteiger charge is 2.30. The molecule has 1 aliphatic carbocycles. The van der Waals surface area contributed by atoms with Crippen LogP contribution in [-0.4, -0.2) is 41.6 Å². The van der Waals surface area contributed by atoms with Crippen LogP contribution in [0.2, 0.25) is 0 Å². The maximum absolute atomic E-state index is 12.3. The molecule has 32 heavy (non-hydrogen) atoms. The average molecular weight is 438 g/mol. The molecule has 1 saturated carbocycles. The molecule has 2 aromatic carbocycles. The van der Waals surface area contributed by atoms with E-state index in [4.69, 9.17) is 10.5 Å². The molecule has 0 amide bonds. The van der Waals surface area contributed by atoms with Crippen LogP contribution >= 0.6 is 0 Å². The summed E-state index contributed by atoms with van der Waals surface area (Å²) >= 11 is 0. The summed E-state index contributed by atoms with van der Waals surface area (Å²) in [6, 6.07) is 7.69. The van der Waals surface area contributed by atoms with Gasteiger partial charge in [0.2, 0.25) is 0 Å². The molecule has 1 heterocycles. The lowest BCUT2D eigenvalue weighted by atomic mass is 9.95. The smallest absolute Gasteiger partial charge is 0.342 e. The number of nitrogen functional groups attached to an aromatic ring is 1. The molecule has 168 valence electrons. The van der Waals surface area contributed by atoms with Crippen LogP contribution in [0.3, 0.4) is 0 Å². The van der Waals surface area contributed by atoms with Gasteiger partial charge in [0.25, 0.3) is 0 Å². The molecule has 1 aromatic heterocycles. The molecule has 2 N–H and O–H groups in total. The third kappa shape index (κ3) is 3.63. The standard InChI is InChI=1S/C23H27N5O4/c1-26(2)19-12-16(22(28(30)31)21(24)20(19)23(29)32-3)14-9-10-18-17(11-14)25-13-27(18)15-7-5-4-6-8-15/h9-13,15H,4-8,24H2,1-3H3. The number of nitrogens with zero attached hydrogens (tertiary/aromatic N) is 4. The van der Waals surface area contributed by atoms with Crippen molar-refractivity contribution in [1.82, 2.24) is 9.55 Å². The Balaban J connectivity index is 1.88. The van der Waals surface area contributed by atoms with Gasteiger partial charge in [-0.1, -0.05) is 25.3 Å². The number of carbonyl (C=O) groups excluding carboxylic acids is 1.